The molecule has 1 amide bonds. The van der Waals surface area contributed by atoms with Crippen LogP contribution in [0, 0.1) is 5.82 Å². The lowest BCUT2D eigenvalue weighted by Gasteiger charge is -2.35. The third kappa shape index (κ3) is 2.66. The molecule has 0 saturated carbocycles. The highest BCUT2D eigenvalue weighted by Gasteiger charge is 2.61. The molecule has 3 aliphatic heterocycles. The Morgan fingerprint density at radius 2 is 1.69 bits per heavy atom. The molecule has 5 rings (SSSR count). The summed E-state index contributed by atoms with van der Waals surface area (Å²) in [4.78, 5) is 13.3. The molecule has 1 spiro atoms. The van der Waals surface area contributed by atoms with Crippen molar-refractivity contribution >= 4 is 21.8 Å². The van der Waals surface area contributed by atoms with E-state index in [0.717, 1.165) is 18.4 Å². The van der Waals surface area contributed by atoms with Crippen LogP contribution in [0.15, 0.2) is 48.5 Å². The molecular formula is C21H22FN3O3S. The zero-order chi connectivity index (χ0) is 20.2. The fourth-order valence-electron chi connectivity index (χ4n) is 5.07. The largest absolute Gasteiger partial charge is 0.325 e. The number of hydrogen-bond donors (Lipinski definition) is 1. The lowest BCUT2D eigenvalue weighted by atomic mass is 9.73. The van der Waals surface area contributed by atoms with Crippen molar-refractivity contribution < 1.29 is 17.6 Å². The minimum Gasteiger partial charge on any atom is -0.325 e. The van der Waals surface area contributed by atoms with Gasteiger partial charge >= 0.3 is 0 Å². The van der Waals surface area contributed by atoms with Gasteiger partial charge in [0.25, 0.3) is 10.2 Å². The minimum absolute atomic E-state index is 0.202. The van der Waals surface area contributed by atoms with Crippen LogP contribution in [0.25, 0.3) is 0 Å². The first-order valence-electron chi connectivity index (χ1n) is 9.88. The molecule has 2 aromatic rings. The van der Waals surface area contributed by atoms with Gasteiger partial charge in [0.15, 0.2) is 0 Å². The molecule has 2 aromatic carbocycles. The van der Waals surface area contributed by atoms with Crippen LogP contribution in [-0.2, 0) is 20.4 Å². The number of hydrogen-bond acceptors (Lipinski definition) is 3. The first-order valence-corrected chi connectivity index (χ1v) is 11.3. The van der Waals surface area contributed by atoms with Crippen molar-refractivity contribution in [2.45, 2.75) is 30.7 Å². The molecule has 1 N–H and O–H groups in total. The molecular weight excluding hydrogens is 393 g/mol. The lowest BCUT2D eigenvalue weighted by molar-refractivity contribution is -0.121. The summed E-state index contributed by atoms with van der Waals surface area (Å²) in [6, 6.07) is 12.5. The molecule has 0 unspecified atom stereocenters. The van der Waals surface area contributed by atoms with Crippen LogP contribution in [0.2, 0.25) is 0 Å². The molecule has 29 heavy (non-hydrogen) atoms. The van der Waals surface area contributed by atoms with Crippen molar-refractivity contribution in [3.05, 3.63) is 65.5 Å². The number of halogens is 1. The Morgan fingerprint density at radius 1 is 1.00 bits per heavy atom. The van der Waals surface area contributed by atoms with Gasteiger partial charge in [-0.15, -0.1) is 0 Å². The van der Waals surface area contributed by atoms with Gasteiger partial charge in [0.1, 0.15) is 5.82 Å². The highest BCUT2D eigenvalue weighted by atomic mass is 32.2. The molecule has 8 heteroatoms. The summed E-state index contributed by atoms with van der Waals surface area (Å²) in [5, 5.41) is 2.93. The van der Waals surface area contributed by atoms with Crippen molar-refractivity contribution in [3.63, 3.8) is 0 Å². The third-order valence-corrected chi connectivity index (χ3v) is 8.42. The Bertz CT molecular complexity index is 1070. The van der Waals surface area contributed by atoms with Gasteiger partial charge in [0.05, 0.1) is 11.5 Å². The van der Waals surface area contributed by atoms with Crippen LogP contribution < -0.4 is 5.32 Å². The molecule has 152 valence electrons. The molecule has 3 heterocycles. The van der Waals surface area contributed by atoms with Gasteiger partial charge in [-0.1, -0.05) is 30.3 Å². The number of amides is 1. The summed E-state index contributed by atoms with van der Waals surface area (Å²) in [5.41, 5.74) is 1.11. The maximum atomic E-state index is 13.6. The van der Waals surface area contributed by atoms with Gasteiger partial charge in [-0.25, -0.2) is 4.39 Å². The fourth-order valence-corrected chi connectivity index (χ4v) is 6.97. The Labute approximate surface area is 169 Å². The van der Waals surface area contributed by atoms with Crippen LogP contribution in [0.4, 0.5) is 10.1 Å². The second kappa shape index (κ2) is 6.62. The van der Waals surface area contributed by atoms with Crippen LogP contribution in [0.5, 0.6) is 0 Å². The lowest BCUT2D eigenvalue weighted by Crippen LogP contribution is -2.46. The highest BCUT2D eigenvalue weighted by molar-refractivity contribution is 7.86. The van der Waals surface area contributed by atoms with E-state index < -0.39 is 27.5 Å². The van der Waals surface area contributed by atoms with E-state index in [1.165, 1.54) is 20.7 Å². The first-order chi connectivity index (χ1) is 13.9. The zero-order valence-corrected chi connectivity index (χ0v) is 16.7. The van der Waals surface area contributed by atoms with Gasteiger partial charge in [0.2, 0.25) is 5.91 Å². The maximum absolute atomic E-state index is 13.6. The van der Waals surface area contributed by atoms with E-state index in [1.807, 2.05) is 24.3 Å². The first kappa shape index (κ1) is 18.7. The molecule has 3 aliphatic rings. The fraction of sp³-hybridized carbons (Fsp3) is 0.381. The van der Waals surface area contributed by atoms with Crippen LogP contribution in [0.3, 0.4) is 0 Å². The molecule has 2 saturated heterocycles. The number of nitrogens with one attached hydrogen (secondary N) is 1. The summed E-state index contributed by atoms with van der Waals surface area (Å²) in [5.74, 6) is -0.599. The van der Waals surface area contributed by atoms with E-state index in [2.05, 4.69) is 5.32 Å². The van der Waals surface area contributed by atoms with Gasteiger partial charge in [-0.3, -0.25) is 4.79 Å². The molecule has 0 aromatic heterocycles. The van der Waals surface area contributed by atoms with E-state index in [4.69, 9.17) is 0 Å². The molecule has 0 aliphatic carbocycles. The van der Waals surface area contributed by atoms with Crippen LogP contribution in [-0.4, -0.2) is 42.6 Å². The van der Waals surface area contributed by atoms with Crippen molar-refractivity contribution in [3.8, 4) is 0 Å². The normalized spacial score (nSPS) is 27.5. The summed E-state index contributed by atoms with van der Waals surface area (Å²) in [6.07, 6.45) is 2.05. The molecule has 6 nitrogen and oxygen atoms in total. The standard InChI is InChI=1S/C21H22FN3O3S/c22-16-9-7-15(8-10-16)19-21(17-5-1-2-6-18(17)23-20(21)26)11-14-25(19)29(27,28)24-12-3-4-13-24/h1-2,5-10,19H,3-4,11-14H2,(H,23,26)/t19-,21+/m0/s1. The third-order valence-electron chi connectivity index (χ3n) is 6.42. The van der Waals surface area contributed by atoms with Crippen LogP contribution in [0.1, 0.15) is 36.4 Å². The number of anilines is 1. The number of nitrogens with zero attached hydrogens (tertiary/aromatic N) is 2. The van der Waals surface area contributed by atoms with Gasteiger partial charge in [-0.05, 0) is 48.6 Å². The van der Waals surface area contributed by atoms with Crippen molar-refractivity contribution in [1.29, 1.82) is 0 Å². The monoisotopic (exact) mass is 415 g/mol. The van der Waals surface area contributed by atoms with E-state index in [0.29, 0.717) is 30.8 Å². The molecule has 2 fully saturated rings. The smallest absolute Gasteiger partial charge is 0.282 e. The Balaban J connectivity index is 1.69. The predicted molar refractivity (Wildman–Crippen MR) is 107 cm³/mol. The molecule has 2 atom stereocenters. The average Bonchev–Trinajstić information content (AvgIpc) is 3.43. The topological polar surface area (TPSA) is 69.7 Å². The summed E-state index contributed by atoms with van der Waals surface area (Å²) in [7, 11) is -3.74. The average molecular weight is 415 g/mol. The SMILES string of the molecule is O=C1Nc2ccccc2[C@@]12CCN(S(=O)(=O)N1CCCC1)[C@H]2c1ccc(F)cc1. The van der Waals surface area contributed by atoms with Gasteiger partial charge in [-0.2, -0.15) is 17.0 Å². The molecule has 0 bridgehead atoms. The minimum atomic E-state index is -3.74. The van der Waals surface area contributed by atoms with Crippen molar-refractivity contribution in [2.75, 3.05) is 25.0 Å². The van der Waals surface area contributed by atoms with Crippen molar-refractivity contribution in [2.24, 2.45) is 0 Å². The summed E-state index contributed by atoms with van der Waals surface area (Å²) in [6.45, 7) is 1.22. The van der Waals surface area contributed by atoms with E-state index in [1.54, 1.807) is 12.1 Å². The summed E-state index contributed by atoms with van der Waals surface area (Å²) < 4.78 is 43.5. The van der Waals surface area contributed by atoms with Crippen molar-refractivity contribution in [1.82, 2.24) is 8.61 Å². The van der Waals surface area contributed by atoms with Gasteiger partial charge in [0, 0.05) is 25.3 Å². The van der Waals surface area contributed by atoms with E-state index in [-0.39, 0.29) is 12.5 Å². The number of para-hydroxylation sites is 1. The predicted octanol–water partition coefficient (Wildman–Crippen LogP) is 2.80. The highest BCUT2D eigenvalue weighted by Crippen LogP contribution is 2.55. The molecule has 0 radical (unpaired) electrons. The second-order valence-corrected chi connectivity index (χ2v) is 9.78. The second-order valence-electron chi connectivity index (χ2n) is 7.90. The Morgan fingerprint density at radius 3 is 2.41 bits per heavy atom. The number of fused-ring (bicyclic) bond motifs is 2. The zero-order valence-electron chi connectivity index (χ0n) is 15.8. The maximum Gasteiger partial charge on any atom is 0.282 e. The number of benzene rings is 2. The Hall–Kier alpha value is -2.29. The Kier molecular flexibility index (Phi) is 4.27. The number of rotatable bonds is 3. The summed E-state index contributed by atoms with van der Waals surface area (Å²) >= 11 is 0. The van der Waals surface area contributed by atoms with Gasteiger partial charge < -0.3 is 5.32 Å². The number of carbonyl (C=O) groups is 1. The quantitative estimate of drug-likeness (QED) is 0.838. The van der Waals surface area contributed by atoms with E-state index >= 15 is 0 Å². The number of carbonyl (C=O) groups excluding carboxylic acids is 1. The van der Waals surface area contributed by atoms with E-state index in [9.17, 15) is 17.6 Å². The van der Waals surface area contributed by atoms with Crippen LogP contribution >= 0.6 is 0 Å².